The molecule has 3 atom stereocenters. The summed E-state index contributed by atoms with van der Waals surface area (Å²) in [5.41, 5.74) is -1.24. The smallest absolute Gasteiger partial charge is 0.328 e. The summed E-state index contributed by atoms with van der Waals surface area (Å²) in [6.45, 7) is 7.28. The molecule has 5 nitrogen and oxygen atoms in total. The molecule has 0 radical (unpaired) electrons. The molecule has 1 rings (SSSR count). The zero-order valence-electron chi connectivity index (χ0n) is 11.6. The number of amides is 2. The highest BCUT2D eigenvalue weighted by Crippen LogP contribution is 2.29. The molecule has 0 aromatic carbocycles. The SMILES string of the molecule is CC1CCCC(NC(=O)NC(C)(C)C(=O)O)C1C. The minimum absolute atomic E-state index is 0.137. The van der Waals surface area contributed by atoms with Crippen LogP contribution < -0.4 is 10.6 Å². The Kier molecular flexibility index (Phi) is 4.59. The maximum absolute atomic E-state index is 11.8. The summed E-state index contributed by atoms with van der Waals surface area (Å²) in [6.07, 6.45) is 3.27. The predicted octanol–water partition coefficient (Wildman–Crippen LogP) is 1.97. The molecule has 0 aliphatic heterocycles. The Morgan fingerprint density at radius 2 is 1.83 bits per heavy atom. The average molecular weight is 256 g/mol. The van der Waals surface area contributed by atoms with Gasteiger partial charge in [-0.3, -0.25) is 0 Å². The van der Waals surface area contributed by atoms with Crippen molar-refractivity contribution in [2.75, 3.05) is 0 Å². The van der Waals surface area contributed by atoms with Crippen molar-refractivity contribution < 1.29 is 14.7 Å². The van der Waals surface area contributed by atoms with Crippen LogP contribution in [0.25, 0.3) is 0 Å². The summed E-state index contributed by atoms with van der Waals surface area (Å²) < 4.78 is 0. The van der Waals surface area contributed by atoms with Gasteiger partial charge in [-0.05, 0) is 32.1 Å². The molecule has 18 heavy (non-hydrogen) atoms. The lowest BCUT2D eigenvalue weighted by atomic mass is 9.78. The number of hydrogen-bond acceptors (Lipinski definition) is 2. The van der Waals surface area contributed by atoms with Gasteiger partial charge in [0.2, 0.25) is 0 Å². The van der Waals surface area contributed by atoms with Crippen molar-refractivity contribution >= 4 is 12.0 Å². The van der Waals surface area contributed by atoms with Crippen molar-refractivity contribution in [1.29, 1.82) is 0 Å². The number of carbonyl (C=O) groups is 2. The van der Waals surface area contributed by atoms with E-state index in [1.807, 2.05) is 0 Å². The van der Waals surface area contributed by atoms with Gasteiger partial charge in [-0.15, -0.1) is 0 Å². The van der Waals surface area contributed by atoms with Gasteiger partial charge in [0.25, 0.3) is 0 Å². The molecule has 1 saturated carbocycles. The molecule has 3 N–H and O–H groups in total. The maximum atomic E-state index is 11.8. The van der Waals surface area contributed by atoms with Crippen molar-refractivity contribution in [3.8, 4) is 0 Å². The van der Waals surface area contributed by atoms with Crippen LogP contribution in [-0.2, 0) is 4.79 Å². The average Bonchev–Trinajstić information content (AvgIpc) is 2.23. The second kappa shape index (κ2) is 5.59. The Hall–Kier alpha value is -1.26. The van der Waals surface area contributed by atoms with E-state index in [2.05, 4.69) is 24.5 Å². The first-order chi connectivity index (χ1) is 8.24. The molecule has 0 bridgehead atoms. The first-order valence-electron chi connectivity index (χ1n) is 6.56. The number of hydrogen-bond donors (Lipinski definition) is 3. The fourth-order valence-electron chi connectivity index (χ4n) is 2.33. The van der Waals surface area contributed by atoms with Crippen molar-refractivity contribution in [1.82, 2.24) is 10.6 Å². The molecule has 0 aromatic rings. The number of carbonyl (C=O) groups excluding carboxylic acids is 1. The number of urea groups is 1. The summed E-state index contributed by atoms with van der Waals surface area (Å²) in [7, 11) is 0. The van der Waals surface area contributed by atoms with Crippen LogP contribution in [0.2, 0.25) is 0 Å². The molecule has 1 aliphatic carbocycles. The zero-order valence-corrected chi connectivity index (χ0v) is 11.6. The van der Waals surface area contributed by atoms with Crippen LogP contribution in [0.3, 0.4) is 0 Å². The molecule has 0 saturated heterocycles. The molecule has 104 valence electrons. The van der Waals surface area contributed by atoms with Crippen LogP contribution in [0, 0.1) is 11.8 Å². The van der Waals surface area contributed by atoms with Crippen LogP contribution in [-0.4, -0.2) is 28.7 Å². The van der Waals surface area contributed by atoms with Crippen LogP contribution >= 0.6 is 0 Å². The highest BCUT2D eigenvalue weighted by molar-refractivity contribution is 5.85. The van der Waals surface area contributed by atoms with Gasteiger partial charge >= 0.3 is 12.0 Å². The van der Waals surface area contributed by atoms with Crippen LogP contribution in [0.5, 0.6) is 0 Å². The number of rotatable bonds is 3. The predicted molar refractivity (Wildman–Crippen MR) is 69.3 cm³/mol. The van der Waals surface area contributed by atoms with E-state index in [4.69, 9.17) is 5.11 Å². The topological polar surface area (TPSA) is 78.4 Å². The monoisotopic (exact) mass is 256 g/mol. The van der Waals surface area contributed by atoms with E-state index in [0.717, 1.165) is 12.8 Å². The van der Waals surface area contributed by atoms with E-state index in [1.165, 1.54) is 20.3 Å². The van der Waals surface area contributed by atoms with Crippen LogP contribution in [0.15, 0.2) is 0 Å². The normalized spacial score (nSPS) is 28.6. The number of aliphatic carboxylic acids is 1. The molecule has 1 aliphatic rings. The zero-order chi connectivity index (χ0) is 13.9. The van der Waals surface area contributed by atoms with Crippen molar-refractivity contribution in [3.05, 3.63) is 0 Å². The second-order valence-electron chi connectivity index (χ2n) is 5.90. The van der Waals surface area contributed by atoms with Gasteiger partial charge < -0.3 is 15.7 Å². The fraction of sp³-hybridized carbons (Fsp3) is 0.846. The largest absolute Gasteiger partial charge is 0.480 e. The summed E-state index contributed by atoms with van der Waals surface area (Å²) in [5, 5.41) is 14.3. The number of carboxylic acids is 1. The third-order valence-corrected chi connectivity index (χ3v) is 3.98. The van der Waals surface area contributed by atoms with Crippen molar-refractivity contribution in [2.24, 2.45) is 11.8 Å². The molecule has 1 fully saturated rings. The van der Waals surface area contributed by atoms with E-state index >= 15 is 0 Å². The highest BCUT2D eigenvalue weighted by Gasteiger charge is 2.32. The third kappa shape index (κ3) is 3.62. The summed E-state index contributed by atoms with van der Waals surface area (Å²) in [5.74, 6) is -0.0170. The molecular weight excluding hydrogens is 232 g/mol. The quantitative estimate of drug-likeness (QED) is 0.722. The van der Waals surface area contributed by atoms with E-state index in [0.29, 0.717) is 11.8 Å². The van der Waals surface area contributed by atoms with Crippen molar-refractivity contribution in [2.45, 2.75) is 58.5 Å². The highest BCUT2D eigenvalue weighted by atomic mass is 16.4. The molecule has 2 amide bonds. The Morgan fingerprint density at radius 3 is 2.39 bits per heavy atom. The van der Waals surface area contributed by atoms with Gasteiger partial charge in [-0.1, -0.05) is 26.7 Å². The lowest BCUT2D eigenvalue weighted by Crippen LogP contribution is -2.56. The minimum atomic E-state index is -1.24. The van der Waals surface area contributed by atoms with Gasteiger partial charge in [-0.25, -0.2) is 9.59 Å². The van der Waals surface area contributed by atoms with Crippen molar-refractivity contribution in [3.63, 3.8) is 0 Å². The van der Waals surface area contributed by atoms with E-state index in [9.17, 15) is 9.59 Å². The number of carboxylic acid groups (broad SMARTS) is 1. The first kappa shape index (κ1) is 14.8. The summed E-state index contributed by atoms with van der Waals surface area (Å²) in [4.78, 5) is 22.7. The van der Waals surface area contributed by atoms with E-state index in [1.54, 1.807) is 0 Å². The van der Waals surface area contributed by atoms with Crippen LogP contribution in [0.4, 0.5) is 4.79 Å². The lowest BCUT2D eigenvalue weighted by Gasteiger charge is -2.35. The van der Waals surface area contributed by atoms with Gasteiger partial charge in [0.1, 0.15) is 5.54 Å². The fourth-order valence-corrected chi connectivity index (χ4v) is 2.33. The van der Waals surface area contributed by atoms with E-state index < -0.39 is 17.5 Å². The van der Waals surface area contributed by atoms with Gasteiger partial charge in [0.05, 0.1) is 0 Å². The molecule has 0 heterocycles. The Morgan fingerprint density at radius 1 is 1.22 bits per heavy atom. The molecule has 0 spiro atoms. The standard InChI is InChI=1S/C13H24N2O3/c1-8-6-5-7-10(9(8)2)14-12(18)15-13(3,4)11(16)17/h8-10H,5-7H2,1-4H3,(H,16,17)(H2,14,15,18). The van der Waals surface area contributed by atoms with E-state index in [-0.39, 0.29) is 6.04 Å². The Labute approximate surface area is 108 Å². The van der Waals surface area contributed by atoms with Gasteiger partial charge in [0, 0.05) is 6.04 Å². The summed E-state index contributed by atoms with van der Waals surface area (Å²) in [6, 6.07) is -0.258. The molecule has 0 aromatic heterocycles. The maximum Gasteiger partial charge on any atom is 0.328 e. The molecular formula is C13H24N2O3. The van der Waals surface area contributed by atoms with Gasteiger partial charge in [-0.2, -0.15) is 0 Å². The van der Waals surface area contributed by atoms with Crippen LogP contribution in [0.1, 0.15) is 47.0 Å². The Bertz CT molecular complexity index is 328. The Balaban J connectivity index is 2.52. The first-order valence-corrected chi connectivity index (χ1v) is 6.56. The number of nitrogens with one attached hydrogen (secondary N) is 2. The summed E-state index contributed by atoms with van der Waals surface area (Å²) >= 11 is 0. The molecule has 3 unspecified atom stereocenters. The third-order valence-electron chi connectivity index (χ3n) is 3.98. The van der Waals surface area contributed by atoms with Gasteiger partial charge in [0.15, 0.2) is 0 Å². The second-order valence-corrected chi connectivity index (χ2v) is 5.90. The minimum Gasteiger partial charge on any atom is -0.480 e. The lowest BCUT2D eigenvalue weighted by molar-refractivity contribution is -0.142. The molecule has 5 heteroatoms.